The predicted molar refractivity (Wildman–Crippen MR) is 98.2 cm³/mol. The van der Waals surface area contributed by atoms with Gasteiger partial charge in [0.2, 0.25) is 0 Å². The van der Waals surface area contributed by atoms with Gasteiger partial charge in [-0.05, 0) is 68.6 Å². The second-order valence-corrected chi connectivity index (χ2v) is 6.76. The Morgan fingerprint density at radius 3 is 1.81 bits per heavy atom. The SMILES string of the molecule is CC(C)N(CCCC(c1ccc(F)cc1)c1ccc(F)cc1)CC(=O)O. The Labute approximate surface area is 153 Å². The first-order valence-corrected chi connectivity index (χ1v) is 8.83. The summed E-state index contributed by atoms with van der Waals surface area (Å²) in [6, 6.07) is 12.9. The lowest BCUT2D eigenvalue weighted by Gasteiger charge is -2.26. The monoisotopic (exact) mass is 361 g/mol. The van der Waals surface area contributed by atoms with Gasteiger partial charge in [-0.25, -0.2) is 8.78 Å². The van der Waals surface area contributed by atoms with Crippen molar-refractivity contribution in [1.82, 2.24) is 4.90 Å². The summed E-state index contributed by atoms with van der Waals surface area (Å²) in [4.78, 5) is 12.9. The van der Waals surface area contributed by atoms with E-state index in [0.717, 1.165) is 24.0 Å². The highest BCUT2D eigenvalue weighted by atomic mass is 19.1. The van der Waals surface area contributed by atoms with Crippen molar-refractivity contribution in [1.29, 1.82) is 0 Å². The number of hydrogen-bond donors (Lipinski definition) is 1. The van der Waals surface area contributed by atoms with Crippen molar-refractivity contribution in [3.63, 3.8) is 0 Å². The van der Waals surface area contributed by atoms with E-state index in [1.807, 2.05) is 18.7 Å². The van der Waals surface area contributed by atoms with E-state index in [-0.39, 0.29) is 30.1 Å². The number of benzene rings is 2. The molecule has 0 amide bonds. The van der Waals surface area contributed by atoms with Crippen LogP contribution >= 0.6 is 0 Å². The Kier molecular flexibility index (Phi) is 7.27. The highest BCUT2D eigenvalue weighted by molar-refractivity contribution is 5.69. The number of hydrogen-bond acceptors (Lipinski definition) is 2. The standard InChI is InChI=1S/C21H25F2NO2/c1-15(2)24(14-21(25)26)13-3-4-20(16-5-9-18(22)10-6-16)17-7-11-19(23)12-8-17/h5-12,15,20H,3-4,13-14H2,1-2H3,(H,25,26). The molecule has 5 heteroatoms. The van der Waals surface area contributed by atoms with Crippen LogP contribution in [0.4, 0.5) is 8.78 Å². The topological polar surface area (TPSA) is 40.5 Å². The average Bonchev–Trinajstić information content (AvgIpc) is 2.59. The Morgan fingerprint density at radius 1 is 0.962 bits per heavy atom. The molecular weight excluding hydrogens is 336 g/mol. The van der Waals surface area contributed by atoms with Crippen LogP contribution in [-0.4, -0.2) is 35.1 Å². The van der Waals surface area contributed by atoms with E-state index in [0.29, 0.717) is 6.54 Å². The first-order chi connectivity index (χ1) is 12.4. The Morgan fingerprint density at radius 2 is 1.42 bits per heavy atom. The first-order valence-electron chi connectivity index (χ1n) is 8.83. The number of carboxylic acids is 1. The van der Waals surface area contributed by atoms with Gasteiger partial charge in [0.1, 0.15) is 11.6 Å². The lowest BCUT2D eigenvalue weighted by atomic mass is 9.87. The van der Waals surface area contributed by atoms with E-state index in [1.165, 1.54) is 24.3 Å². The van der Waals surface area contributed by atoms with Gasteiger partial charge >= 0.3 is 5.97 Å². The van der Waals surface area contributed by atoms with Crippen LogP contribution in [0.2, 0.25) is 0 Å². The van der Waals surface area contributed by atoms with Gasteiger partial charge in [0.05, 0.1) is 6.54 Å². The minimum atomic E-state index is -0.840. The Balaban J connectivity index is 2.12. The molecule has 0 bridgehead atoms. The summed E-state index contributed by atoms with van der Waals surface area (Å²) in [5, 5.41) is 9.04. The van der Waals surface area contributed by atoms with Gasteiger partial charge in [-0.1, -0.05) is 24.3 Å². The largest absolute Gasteiger partial charge is 0.480 e. The minimum absolute atomic E-state index is 0.00930. The fourth-order valence-corrected chi connectivity index (χ4v) is 3.11. The number of nitrogens with zero attached hydrogens (tertiary/aromatic N) is 1. The molecule has 0 heterocycles. The number of halogens is 2. The number of rotatable bonds is 9. The van der Waals surface area contributed by atoms with Crippen LogP contribution < -0.4 is 0 Å². The molecule has 0 spiro atoms. The van der Waals surface area contributed by atoms with Crippen molar-refractivity contribution in [2.75, 3.05) is 13.1 Å². The summed E-state index contributed by atoms with van der Waals surface area (Å²) >= 11 is 0. The zero-order chi connectivity index (χ0) is 19.1. The van der Waals surface area contributed by atoms with E-state index in [2.05, 4.69) is 0 Å². The van der Waals surface area contributed by atoms with Crippen LogP contribution in [0.5, 0.6) is 0 Å². The second-order valence-electron chi connectivity index (χ2n) is 6.76. The number of carboxylic acid groups (broad SMARTS) is 1. The van der Waals surface area contributed by atoms with Crippen LogP contribution in [0, 0.1) is 11.6 Å². The Hall–Kier alpha value is -2.27. The van der Waals surface area contributed by atoms with Crippen molar-refractivity contribution in [3.8, 4) is 0 Å². The van der Waals surface area contributed by atoms with Gasteiger partial charge in [-0.15, -0.1) is 0 Å². The van der Waals surface area contributed by atoms with E-state index in [9.17, 15) is 13.6 Å². The molecule has 2 aromatic carbocycles. The molecule has 0 aliphatic rings. The average molecular weight is 361 g/mol. The zero-order valence-corrected chi connectivity index (χ0v) is 15.2. The number of carbonyl (C=O) groups is 1. The van der Waals surface area contributed by atoms with Crippen molar-refractivity contribution < 1.29 is 18.7 Å². The molecular formula is C21H25F2NO2. The van der Waals surface area contributed by atoms with Gasteiger partial charge in [0, 0.05) is 12.0 Å². The van der Waals surface area contributed by atoms with E-state index >= 15 is 0 Å². The summed E-state index contributed by atoms with van der Waals surface area (Å²) in [6.07, 6.45) is 1.55. The van der Waals surface area contributed by atoms with Gasteiger partial charge < -0.3 is 5.11 Å². The molecule has 26 heavy (non-hydrogen) atoms. The second kappa shape index (κ2) is 9.43. The summed E-state index contributed by atoms with van der Waals surface area (Å²) in [5.74, 6) is -1.42. The summed E-state index contributed by atoms with van der Waals surface area (Å²) < 4.78 is 26.5. The Bertz CT molecular complexity index is 653. The van der Waals surface area contributed by atoms with Crippen molar-refractivity contribution >= 4 is 5.97 Å². The van der Waals surface area contributed by atoms with Crippen LogP contribution in [0.25, 0.3) is 0 Å². The van der Waals surface area contributed by atoms with Gasteiger partial charge in [0.25, 0.3) is 0 Å². The van der Waals surface area contributed by atoms with Crippen LogP contribution in [-0.2, 0) is 4.79 Å². The van der Waals surface area contributed by atoms with Crippen molar-refractivity contribution in [2.24, 2.45) is 0 Å². The third-order valence-electron chi connectivity index (χ3n) is 4.55. The molecule has 0 radical (unpaired) electrons. The first kappa shape index (κ1) is 20.0. The lowest BCUT2D eigenvalue weighted by molar-refractivity contribution is -0.138. The predicted octanol–water partition coefficient (Wildman–Crippen LogP) is 4.67. The maximum Gasteiger partial charge on any atom is 0.317 e. The third-order valence-corrected chi connectivity index (χ3v) is 4.55. The van der Waals surface area contributed by atoms with Gasteiger partial charge in [-0.2, -0.15) is 0 Å². The molecule has 0 aliphatic heterocycles. The zero-order valence-electron chi connectivity index (χ0n) is 15.2. The van der Waals surface area contributed by atoms with Gasteiger partial charge in [-0.3, -0.25) is 9.69 Å². The summed E-state index contributed by atoms with van der Waals surface area (Å²) in [5.41, 5.74) is 1.93. The maximum absolute atomic E-state index is 13.3. The van der Waals surface area contributed by atoms with Crippen LogP contribution in [0.3, 0.4) is 0 Å². The van der Waals surface area contributed by atoms with Crippen LogP contribution in [0.15, 0.2) is 48.5 Å². The quantitative estimate of drug-likeness (QED) is 0.705. The molecule has 2 rings (SSSR count). The summed E-state index contributed by atoms with van der Waals surface area (Å²) in [6.45, 7) is 4.61. The highest BCUT2D eigenvalue weighted by Crippen LogP contribution is 2.30. The molecule has 3 nitrogen and oxygen atoms in total. The maximum atomic E-state index is 13.3. The molecule has 0 saturated carbocycles. The molecule has 140 valence electrons. The molecule has 0 fully saturated rings. The molecule has 0 unspecified atom stereocenters. The van der Waals surface area contributed by atoms with E-state index in [4.69, 9.17) is 5.11 Å². The third kappa shape index (κ3) is 5.92. The molecule has 1 N–H and O–H groups in total. The molecule has 0 aliphatic carbocycles. The van der Waals surface area contributed by atoms with Crippen molar-refractivity contribution in [2.45, 2.75) is 38.6 Å². The van der Waals surface area contributed by atoms with Crippen LogP contribution in [0.1, 0.15) is 43.7 Å². The minimum Gasteiger partial charge on any atom is -0.480 e. The molecule has 2 aromatic rings. The van der Waals surface area contributed by atoms with Crippen molar-refractivity contribution in [3.05, 3.63) is 71.3 Å². The van der Waals surface area contributed by atoms with E-state index in [1.54, 1.807) is 24.3 Å². The molecule has 0 atom stereocenters. The molecule has 0 saturated heterocycles. The number of aliphatic carboxylic acids is 1. The van der Waals surface area contributed by atoms with E-state index < -0.39 is 5.97 Å². The smallest absolute Gasteiger partial charge is 0.317 e. The fourth-order valence-electron chi connectivity index (χ4n) is 3.11. The molecule has 0 aromatic heterocycles. The fraction of sp³-hybridized carbons (Fsp3) is 0.381. The van der Waals surface area contributed by atoms with Gasteiger partial charge in [0.15, 0.2) is 0 Å². The summed E-state index contributed by atoms with van der Waals surface area (Å²) in [7, 11) is 0. The highest BCUT2D eigenvalue weighted by Gasteiger charge is 2.17. The lowest BCUT2D eigenvalue weighted by Crippen LogP contribution is -2.36. The normalized spacial score (nSPS) is 11.5.